The Morgan fingerprint density at radius 3 is 2.27 bits per heavy atom. The predicted molar refractivity (Wildman–Crippen MR) is 124 cm³/mol. The number of carbonyl (C=O) groups is 2. The molecule has 0 saturated carbocycles. The van der Waals surface area contributed by atoms with Crippen molar-refractivity contribution in [2.24, 2.45) is 0 Å². The molecule has 0 spiro atoms. The van der Waals surface area contributed by atoms with Crippen molar-refractivity contribution in [1.29, 1.82) is 0 Å². The van der Waals surface area contributed by atoms with Gasteiger partial charge in [-0.05, 0) is 61.5 Å². The summed E-state index contributed by atoms with van der Waals surface area (Å²) in [5, 5.41) is 2.66. The summed E-state index contributed by atoms with van der Waals surface area (Å²) in [6.07, 6.45) is 0. The summed E-state index contributed by atoms with van der Waals surface area (Å²) >= 11 is 6.12. The number of hydrogen-bond acceptors (Lipinski definition) is 5. The van der Waals surface area contributed by atoms with Crippen LogP contribution >= 0.6 is 11.6 Å². The normalized spacial score (nSPS) is 11.0. The Balaban J connectivity index is 1.94. The second-order valence-electron chi connectivity index (χ2n) is 7.04. The largest absolute Gasteiger partial charge is 0.465 e. The van der Waals surface area contributed by atoms with E-state index in [1.54, 1.807) is 12.1 Å². The number of benzene rings is 3. The SMILES string of the molecule is COC(=O)c1ccc(Cl)c(NC(=O)CN(c2ccc(F)cc2)S(=O)(=O)c2ccc(C)cc2)c1. The number of carbonyl (C=O) groups excluding carboxylic acids is 2. The minimum atomic E-state index is -4.16. The Hall–Kier alpha value is -3.43. The average molecular weight is 491 g/mol. The predicted octanol–water partition coefficient (Wildman–Crippen LogP) is 4.41. The lowest BCUT2D eigenvalue weighted by Gasteiger charge is -2.24. The van der Waals surface area contributed by atoms with Crippen molar-refractivity contribution in [3.05, 3.63) is 88.7 Å². The van der Waals surface area contributed by atoms with Crippen LogP contribution in [0, 0.1) is 12.7 Å². The summed E-state index contributed by atoms with van der Waals surface area (Å²) in [5.74, 6) is -1.90. The Kier molecular flexibility index (Phi) is 7.35. The van der Waals surface area contributed by atoms with E-state index in [0.29, 0.717) is 0 Å². The number of amides is 1. The minimum Gasteiger partial charge on any atom is -0.465 e. The fourth-order valence-electron chi connectivity index (χ4n) is 2.95. The fraction of sp³-hybridized carbons (Fsp3) is 0.130. The van der Waals surface area contributed by atoms with Crippen molar-refractivity contribution >= 4 is 44.9 Å². The Morgan fingerprint density at radius 1 is 1.03 bits per heavy atom. The van der Waals surface area contributed by atoms with Crippen LogP contribution in [-0.2, 0) is 19.6 Å². The molecule has 3 rings (SSSR count). The quantitative estimate of drug-likeness (QED) is 0.495. The van der Waals surface area contributed by atoms with E-state index in [-0.39, 0.29) is 26.9 Å². The van der Waals surface area contributed by atoms with Crippen molar-refractivity contribution in [3.8, 4) is 0 Å². The molecule has 172 valence electrons. The standard InChI is InChI=1S/C23H20ClFN2O5S/c1-15-3-10-19(11-4-15)33(30,31)27(18-8-6-17(25)7-9-18)14-22(28)26-21-13-16(23(29)32-2)5-12-20(21)24/h3-13H,14H2,1-2H3,(H,26,28). The van der Waals surface area contributed by atoms with Gasteiger partial charge in [-0.2, -0.15) is 0 Å². The van der Waals surface area contributed by atoms with E-state index >= 15 is 0 Å². The molecule has 0 aliphatic rings. The molecule has 0 unspecified atom stereocenters. The number of methoxy groups -OCH3 is 1. The first-order valence-electron chi connectivity index (χ1n) is 9.64. The summed E-state index contributed by atoms with van der Waals surface area (Å²) in [7, 11) is -2.95. The summed E-state index contributed by atoms with van der Waals surface area (Å²) in [6.45, 7) is 1.19. The number of nitrogens with one attached hydrogen (secondary N) is 1. The van der Waals surface area contributed by atoms with Crippen molar-refractivity contribution in [1.82, 2.24) is 0 Å². The second kappa shape index (κ2) is 10.0. The summed E-state index contributed by atoms with van der Waals surface area (Å²) < 4.78 is 45.6. The van der Waals surface area contributed by atoms with Gasteiger partial charge in [0.05, 0.1) is 34.0 Å². The molecule has 1 amide bonds. The monoisotopic (exact) mass is 490 g/mol. The maximum absolute atomic E-state index is 13.4. The maximum Gasteiger partial charge on any atom is 0.337 e. The van der Waals surface area contributed by atoms with Crippen LogP contribution < -0.4 is 9.62 Å². The summed E-state index contributed by atoms with van der Waals surface area (Å²) in [5.41, 5.74) is 1.22. The van der Waals surface area contributed by atoms with Crippen LogP contribution in [-0.4, -0.2) is 33.9 Å². The van der Waals surface area contributed by atoms with Crippen LogP contribution in [0.3, 0.4) is 0 Å². The van der Waals surface area contributed by atoms with Gasteiger partial charge < -0.3 is 10.1 Å². The highest BCUT2D eigenvalue weighted by Crippen LogP contribution is 2.26. The molecule has 0 radical (unpaired) electrons. The number of rotatable bonds is 7. The molecule has 0 aliphatic heterocycles. The Bertz CT molecular complexity index is 1280. The molecule has 0 aromatic heterocycles. The Morgan fingerprint density at radius 2 is 1.67 bits per heavy atom. The van der Waals surface area contributed by atoms with Crippen molar-refractivity contribution in [2.75, 3.05) is 23.3 Å². The summed E-state index contributed by atoms with van der Waals surface area (Å²) in [4.78, 5) is 24.6. The smallest absolute Gasteiger partial charge is 0.337 e. The highest BCUT2D eigenvalue weighted by Gasteiger charge is 2.27. The average Bonchev–Trinajstić information content (AvgIpc) is 2.79. The zero-order valence-corrected chi connectivity index (χ0v) is 19.3. The van der Waals surface area contributed by atoms with Crippen molar-refractivity contribution < 1.29 is 27.1 Å². The molecule has 0 saturated heterocycles. The van der Waals surface area contributed by atoms with Gasteiger partial charge >= 0.3 is 5.97 Å². The van der Waals surface area contributed by atoms with Crippen LogP contribution in [0.15, 0.2) is 71.6 Å². The summed E-state index contributed by atoms with van der Waals surface area (Å²) in [6, 6.07) is 15.0. The zero-order valence-electron chi connectivity index (χ0n) is 17.7. The Labute approximate surface area is 195 Å². The lowest BCUT2D eigenvalue weighted by Crippen LogP contribution is -2.38. The third-order valence-electron chi connectivity index (χ3n) is 4.67. The lowest BCUT2D eigenvalue weighted by atomic mass is 10.2. The van der Waals surface area contributed by atoms with E-state index in [0.717, 1.165) is 22.0 Å². The molecule has 0 fully saturated rings. The topological polar surface area (TPSA) is 92.8 Å². The molecular weight excluding hydrogens is 471 g/mol. The number of sulfonamides is 1. The number of ether oxygens (including phenoxy) is 1. The molecule has 3 aromatic carbocycles. The van der Waals surface area contributed by atoms with E-state index in [9.17, 15) is 22.4 Å². The van der Waals surface area contributed by atoms with Crippen LogP contribution in [0.1, 0.15) is 15.9 Å². The molecular formula is C23H20ClFN2O5S. The van der Waals surface area contributed by atoms with Crippen LogP contribution in [0.5, 0.6) is 0 Å². The van der Waals surface area contributed by atoms with Gasteiger partial charge in [0.2, 0.25) is 5.91 Å². The minimum absolute atomic E-state index is 0.0315. The zero-order chi connectivity index (χ0) is 24.2. The van der Waals surface area contributed by atoms with E-state index in [1.807, 2.05) is 6.92 Å². The molecule has 0 atom stereocenters. The molecule has 3 aromatic rings. The number of anilines is 2. The third-order valence-corrected chi connectivity index (χ3v) is 6.79. The molecule has 1 N–H and O–H groups in total. The number of esters is 1. The van der Waals surface area contributed by atoms with Gasteiger partial charge in [0.15, 0.2) is 0 Å². The van der Waals surface area contributed by atoms with Crippen LogP contribution in [0.25, 0.3) is 0 Å². The van der Waals surface area contributed by atoms with E-state index in [4.69, 9.17) is 11.6 Å². The second-order valence-corrected chi connectivity index (χ2v) is 9.31. The van der Waals surface area contributed by atoms with Gasteiger partial charge in [0.1, 0.15) is 12.4 Å². The number of nitrogens with zero attached hydrogens (tertiary/aromatic N) is 1. The fourth-order valence-corrected chi connectivity index (χ4v) is 4.53. The number of halogens is 2. The van der Waals surface area contributed by atoms with Gasteiger partial charge in [-0.25, -0.2) is 17.6 Å². The van der Waals surface area contributed by atoms with Gasteiger partial charge in [-0.15, -0.1) is 0 Å². The van der Waals surface area contributed by atoms with Gasteiger partial charge in [0.25, 0.3) is 10.0 Å². The molecule has 0 bridgehead atoms. The third kappa shape index (κ3) is 5.68. The van der Waals surface area contributed by atoms with Crippen molar-refractivity contribution in [2.45, 2.75) is 11.8 Å². The van der Waals surface area contributed by atoms with E-state index in [2.05, 4.69) is 10.1 Å². The van der Waals surface area contributed by atoms with Gasteiger partial charge in [0, 0.05) is 0 Å². The molecule has 0 heterocycles. The number of hydrogen-bond donors (Lipinski definition) is 1. The maximum atomic E-state index is 13.4. The number of aryl methyl sites for hydroxylation is 1. The first kappa shape index (κ1) is 24.2. The van der Waals surface area contributed by atoms with Gasteiger partial charge in [-0.3, -0.25) is 9.10 Å². The van der Waals surface area contributed by atoms with E-state index < -0.39 is 34.3 Å². The van der Waals surface area contributed by atoms with E-state index in [1.165, 1.54) is 49.6 Å². The molecule has 33 heavy (non-hydrogen) atoms. The van der Waals surface area contributed by atoms with Crippen LogP contribution in [0.2, 0.25) is 5.02 Å². The molecule has 0 aliphatic carbocycles. The van der Waals surface area contributed by atoms with Crippen LogP contribution in [0.4, 0.5) is 15.8 Å². The van der Waals surface area contributed by atoms with Crippen molar-refractivity contribution in [3.63, 3.8) is 0 Å². The highest BCUT2D eigenvalue weighted by atomic mass is 35.5. The highest BCUT2D eigenvalue weighted by molar-refractivity contribution is 7.92. The molecule has 10 heteroatoms. The first-order chi connectivity index (χ1) is 15.6. The molecule has 7 nitrogen and oxygen atoms in total. The first-order valence-corrected chi connectivity index (χ1v) is 11.5. The lowest BCUT2D eigenvalue weighted by molar-refractivity contribution is -0.114. The van der Waals surface area contributed by atoms with Gasteiger partial charge in [-0.1, -0.05) is 29.3 Å².